The van der Waals surface area contributed by atoms with Gasteiger partial charge in [-0.25, -0.2) is 15.0 Å². The van der Waals surface area contributed by atoms with Gasteiger partial charge in [-0.1, -0.05) is 22.9 Å². The number of fused-ring (bicyclic) bond motifs is 1. The predicted octanol–water partition coefficient (Wildman–Crippen LogP) is 3.70. The summed E-state index contributed by atoms with van der Waals surface area (Å²) in [5, 5.41) is 1.33. The first kappa shape index (κ1) is 17.3. The number of nitrogens with zero attached hydrogens (tertiary/aromatic N) is 4. The van der Waals surface area contributed by atoms with Gasteiger partial charge in [0.05, 0.1) is 16.8 Å². The maximum atomic E-state index is 13.2. The molecular weight excluding hydrogens is 372 g/mol. The highest BCUT2D eigenvalue weighted by Gasteiger charge is 2.29. The molecule has 1 aliphatic rings. The van der Waals surface area contributed by atoms with Crippen molar-refractivity contribution in [2.24, 2.45) is 5.92 Å². The third kappa shape index (κ3) is 3.70. The number of anilines is 1. The summed E-state index contributed by atoms with van der Waals surface area (Å²) in [6, 6.07) is 5.56. The number of thiazole rings is 1. The van der Waals surface area contributed by atoms with Crippen molar-refractivity contribution in [3.05, 3.63) is 47.5 Å². The average molecular weight is 389 g/mol. The van der Waals surface area contributed by atoms with E-state index >= 15 is 0 Å². The van der Waals surface area contributed by atoms with Gasteiger partial charge in [-0.3, -0.25) is 9.69 Å². The van der Waals surface area contributed by atoms with E-state index in [0.717, 1.165) is 28.6 Å². The Morgan fingerprint density at radius 1 is 1.27 bits per heavy atom. The maximum absolute atomic E-state index is 13.2. The molecule has 8 heteroatoms. The number of hydrogen-bond donors (Lipinski definition) is 0. The van der Waals surface area contributed by atoms with Crippen LogP contribution in [0.4, 0.5) is 5.13 Å². The Hall–Kier alpha value is -2.09. The molecule has 0 saturated carbocycles. The molecule has 4 rings (SSSR count). The van der Waals surface area contributed by atoms with E-state index in [4.69, 9.17) is 16.3 Å². The van der Waals surface area contributed by atoms with Crippen LogP contribution in [0.3, 0.4) is 0 Å². The van der Waals surface area contributed by atoms with E-state index < -0.39 is 0 Å². The van der Waals surface area contributed by atoms with Gasteiger partial charge in [-0.15, -0.1) is 0 Å². The number of ether oxygens (including phenoxy) is 1. The Bertz CT molecular complexity index is 912. The molecule has 1 aromatic carbocycles. The molecule has 0 unspecified atom stereocenters. The van der Waals surface area contributed by atoms with Crippen molar-refractivity contribution in [1.82, 2.24) is 15.0 Å². The molecule has 1 amide bonds. The Morgan fingerprint density at radius 2 is 2.04 bits per heavy atom. The van der Waals surface area contributed by atoms with Gasteiger partial charge >= 0.3 is 0 Å². The number of aromatic nitrogens is 3. The Kier molecular flexibility index (Phi) is 5.10. The summed E-state index contributed by atoms with van der Waals surface area (Å²) in [6.45, 7) is 1.63. The minimum Gasteiger partial charge on any atom is -0.381 e. The minimum absolute atomic E-state index is 0.0519. The number of hydrogen-bond acceptors (Lipinski definition) is 6. The fraction of sp³-hybridized carbons (Fsp3) is 0.333. The van der Waals surface area contributed by atoms with Gasteiger partial charge in [0.15, 0.2) is 5.13 Å². The van der Waals surface area contributed by atoms with Crippen molar-refractivity contribution in [2.75, 3.05) is 18.1 Å². The lowest BCUT2D eigenvalue weighted by molar-refractivity contribution is -0.125. The number of benzene rings is 1. The van der Waals surface area contributed by atoms with E-state index in [0.29, 0.717) is 29.9 Å². The van der Waals surface area contributed by atoms with E-state index in [1.54, 1.807) is 17.3 Å². The number of amides is 1. The molecule has 6 nitrogen and oxygen atoms in total. The van der Waals surface area contributed by atoms with Gasteiger partial charge in [0.2, 0.25) is 5.91 Å². The Balaban J connectivity index is 1.69. The predicted molar refractivity (Wildman–Crippen MR) is 101 cm³/mol. The third-order valence-corrected chi connectivity index (χ3v) is 5.64. The summed E-state index contributed by atoms with van der Waals surface area (Å²) in [7, 11) is 0. The number of carbonyl (C=O) groups excluding carboxylic acids is 1. The van der Waals surface area contributed by atoms with Crippen LogP contribution in [0.2, 0.25) is 5.02 Å². The first-order valence-corrected chi connectivity index (χ1v) is 9.59. The van der Waals surface area contributed by atoms with E-state index in [1.807, 2.05) is 18.2 Å². The fourth-order valence-electron chi connectivity index (χ4n) is 3.00. The quantitative estimate of drug-likeness (QED) is 0.681. The second kappa shape index (κ2) is 7.65. The summed E-state index contributed by atoms with van der Waals surface area (Å²) in [4.78, 5) is 27.7. The summed E-state index contributed by atoms with van der Waals surface area (Å²) < 4.78 is 6.36. The molecule has 2 aromatic heterocycles. The SMILES string of the molecule is O=C(C1CCOCC1)N(Cc1cncnc1)c1nc2ccc(Cl)cc2s1. The highest BCUT2D eigenvalue weighted by Crippen LogP contribution is 2.33. The molecule has 3 heterocycles. The molecule has 0 atom stereocenters. The molecular formula is C18H17ClN4O2S. The van der Waals surface area contributed by atoms with Crippen LogP contribution in [0.25, 0.3) is 10.2 Å². The Labute approximate surface area is 159 Å². The molecule has 0 aliphatic carbocycles. The smallest absolute Gasteiger partial charge is 0.232 e. The first-order chi connectivity index (χ1) is 12.7. The van der Waals surface area contributed by atoms with Crippen LogP contribution in [-0.4, -0.2) is 34.1 Å². The molecule has 134 valence electrons. The molecule has 0 spiro atoms. The summed E-state index contributed by atoms with van der Waals surface area (Å²) in [5.41, 5.74) is 1.70. The largest absolute Gasteiger partial charge is 0.381 e. The minimum atomic E-state index is -0.0519. The second-order valence-electron chi connectivity index (χ2n) is 6.17. The van der Waals surface area contributed by atoms with Crippen LogP contribution in [0, 0.1) is 5.92 Å². The van der Waals surface area contributed by atoms with Gasteiger partial charge in [-0.2, -0.15) is 0 Å². The zero-order valence-corrected chi connectivity index (χ0v) is 15.5. The van der Waals surface area contributed by atoms with Gasteiger partial charge in [0, 0.05) is 42.1 Å². The van der Waals surface area contributed by atoms with Crippen LogP contribution >= 0.6 is 22.9 Å². The van der Waals surface area contributed by atoms with Crippen molar-refractivity contribution >= 4 is 44.2 Å². The molecule has 0 N–H and O–H groups in total. The highest BCUT2D eigenvalue weighted by atomic mass is 35.5. The lowest BCUT2D eigenvalue weighted by Crippen LogP contribution is -2.38. The number of carbonyl (C=O) groups is 1. The second-order valence-corrected chi connectivity index (χ2v) is 7.61. The average Bonchev–Trinajstić information content (AvgIpc) is 3.10. The van der Waals surface area contributed by atoms with Crippen molar-refractivity contribution in [1.29, 1.82) is 0 Å². The molecule has 26 heavy (non-hydrogen) atoms. The monoisotopic (exact) mass is 388 g/mol. The van der Waals surface area contributed by atoms with Crippen LogP contribution < -0.4 is 4.90 Å². The first-order valence-electron chi connectivity index (χ1n) is 8.40. The summed E-state index contributed by atoms with van der Waals surface area (Å²) in [5.74, 6) is 0.0197. The maximum Gasteiger partial charge on any atom is 0.232 e. The van der Waals surface area contributed by atoms with Crippen molar-refractivity contribution in [3.63, 3.8) is 0 Å². The van der Waals surface area contributed by atoms with E-state index in [9.17, 15) is 4.79 Å². The third-order valence-electron chi connectivity index (χ3n) is 4.36. The summed E-state index contributed by atoms with van der Waals surface area (Å²) >= 11 is 7.56. The number of halogens is 1. The standard InChI is InChI=1S/C18H17ClN4O2S/c19-14-1-2-15-16(7-14)26-18(22-15)23(10-12-8-20-11-21-9-12)17(24)13-3-5-25-6-4-13/h1-2,7-9,11,13H,3-6,10H2. The molecule has 0 bridgehead atoms. The molecule has 0 radical (unpaired) electrons. The van der Waals surface area contributed by atoms with Crippen LogP contribution in [0.1, 0.15) is 18.4 Å². The molecule has 3 aromatic rings. The molecule has 1 aliphatic heterocycles. The number of rotatable bonds is 4. The highest BCUT2D eigenvalue weighted by molar-refractivity contribution is 7.22. The van der Waals surface area contributed by atoms with E-state index in [2.05, 4.69) is 15.0 Å². The topological polar surface area (TPSA) is 68.2 Å². The summed E-state index contributed by atoms with van der Waals surface area (Å²) in [6.07, 6.45) is 6.39. The molecule has 1 saturated heterocycles. The zero-order chi connectivity index (χ0) is 17.9. The molecule has 1 fully saturated rings. The van der Waals surface area contributed by atoms with Gasteiger partial charge in [0.1, 0.15) is 6.33 Å². The van der Waals surface area contributed by atoms with Crippen LogP contribution in [0.15, 0.2) is 36.9 Å². The normalized spacial score (nSPS) is 15.3. The zero-order valence-electron chi connectivity index (χ0n) is 14.0. The Morgan fingerprint density at radius 3 is 2.81 bits per heavy atom. The van der Waals surface area contributed by atoms with Crippen molar-refractivity contribution < 1.29 is 9.53 Å². The van der Waals surface area contributed by atoms with Crippen LogP contribution in [-0.2, 0) is 16.1 Å². The van der Waals surface area contributed by atoms with Gasteiger partial charge in [0.25, 0.3) is 0 Å². The van der Waals surface area contributed by atoms with Gasteiger partial charge < -0.3 is 4.74 Å². The van der Waals surface area contributed by atoms with E-state index in [-0.39, 0.29) is 11.8 Å². The van der Waals surface area contributed by atoms with Crippen molar-refractivity contribution in [3.8, 4) is 0 Å². The van der Waals surface area contributed by atoms with Gasteiger partial charge in [-0.05, 0) is 31.0 Å². The van der Waals surface area contributed by atoms with Crippen LogP contribution in [0.5, 0.6) is 0 Å². The lowest BCUT2D eigenvalue weighted by Gasteiger charge is -2.27. The van der Waals surface area contributed by atoms with E-state index in [1.165, 1.54) is 17.7 Å². The fourth-order valence-corrected chi connectivity index (χ4v) is 4.25. The lowest BCUT2D eigenvalue weighted by atomic mass is 9.98. The van der Waals surface area contributed by atoms with Crippen molar-refractivity contribution in [2.45, 2.75) is 19.4 Å².